The van der Waals surface area contributed by atoms with Gasteiger partial charge >= 0.3 is 6.36 Å². The van der Waals surface area contributed by atoms with E-state index >= 15 is 0 Å². The molecule has 1 atom stereocenters. The molecule has 0 aromatic rings. The van der Waals surface area contributed by atoms with Gasteiger partial charge in [-0.05, 0) is 0 Å². The van der Waals surface area contributed by atoms with Crippen molar-refractivity contribution in [3.8, 4) is 0 Å². The van der Waals surface area contributed by atoms with Crippen LogP contribution < -0.4 is 5.32 Å². The Morgan fingerprint density at radius 2 is 2.13 bits per heavy atom. The van der Waals surface area contributed by atoms with Gasteiger partial charge < -0.3 is 14.8 Å². The summed E-state index contributed by atoms with van der Waals surface area (Å²) in [6, 6.07) is 0. The van der Waals surface area contributed by atoms with Crippen molar-refractivity contribution in [2.75, 3.05) is 39.5 Å². The fourth-order valence-corrected chi connectivity index (χ4v) is 1.16. The van der Waals surface area contributed by atoms with Crippen molar-refractivity contribution in [1.82, 2.24) is 5.32 Å². The molecule has 0 aromatic carbocycles. The molecule has 0 bridgehead atoms. The Morgan fingerprint density at radius 3 is 2.73 bits per heavy atom. The van der Waals surface area contributed by atoms with Gasteiger partial charge in [-0.15, -0.1) is 13.2 Å². The number of alkyl halides is 3. The molecule has 1 unspecified atom stereocenters. The van der Waals surface area contributed by atoms with Gasteiger partial charge in [0.1, 0.15) is 0 Å². The zero-order chi connectivity index (χ0) is 11.1. The minimum absolute atomic E-state index is 0.0790. The summed E-state index contributed by atoms with van der Waals surface area (Å²) < 4.78 is 48.4. The molecule has 0 amide bonds. The predicted octanol–water partition coefficient (Wildman–Crippen LogP) is 0.528. The van der Waals surface area contributed by atoms with Crippen LogP contribution in [0.3, 0.4) is 0 Å². The molecule has 15 heavy (non-hydrogen) atoms. The molecule has 1 N–H and O–H groups in total. The maximum absolute atomic E-state index is 11.5. The second-order valence-electron chi connectivity index (χ2n) is 3.07. The van der Waals surface area contributed by atoms with Crippen LogP contribution >= 0.6 is 0 Å². The molecular weight excluding hydrogens is 215 g/mol. The molecule has 1 aliphatic rings. The Labute approximate surface area is 85.7 Å². The fourth-order valence-electron chi connectivity index (χ4n) is 1.16. The van der Waals surface area contributed by atoms with E-state index in [0.29, 0.717) is 13.2 Å². The van der Waals surface area contributed by atoms with Crippen LogP contribution in [0.2, 0.25) is 0 Å². The largest absolute Gasteiger partial charge is 0.522 e. The first kappa shape index (κ1) is 12.7. The molecule has 90 valence electrons. The Hall–Kier alpha value is -0.370. The van der Waals surface area contributed by atoms with E-state index in [2.05, 4.69) is 10.1 Å². The average molecular weight is 229 g/mol. The Bertz CT molecular complexity index is 171. The van der Waals surface area contributed by atoms with Gasteiger partial charge in [-0.1, -0.05) is 0 Å². The summed E-state index contributed by atoms with van der Waals surface area (Å²) in [6.45, 7) is 1.79. The normalized spacial score (nSPS) is 23.0. The van der Waals surface area contributed by atoms with Crippen molar-refractivity contribution in [1.29, 1.82) is 0 Å². The summed E-state index contributed by atoms with van der Waals surface area (Å²) in [5.74, 6) is 0. The lowest BCUT2D eigenvalue weighted by atomic mass is 10.3. The Morgan fingerprint density at radius 1 is 1.33 bits per heavy atom. The fraction of sp³-hybridized carbons (Fsp3) is 1.00. The topological polar surface area (TPSA) is 39.7 Å². The Kier molecular flexibility index (Phi) is 5.30. The van der Waals surface area contributed by atoms with Crippen LogP contribution in [-0.2, 0) is 14.2 Å². The smallest absolute Gasteiger partial charge is 0.376 e. The lowest BCUT2D eigenvalue weighted by Crippen LogP contribution is -2.41. The summed E-state index contributed by atoms with van der Waals surface area (Å²) in [5, 5.41) is 3.08. The van der Waals surface area contributed by atoms with Crippen LogP contribution in [0.5, 0.6) is 0 Å². The molecule has 4 nitrogen and oxygen atoms in total. The zero-order valence-electron chi connectivity index (χ0n) is 8.18. The molecule has 0 radical (unpaired) electrons. The van der Waals surface area contributed by atoms with E-state index in [0.717, 1.165) is 6.54 Å². The molecule has 1 heterocycles. The summed E-state index contributed by atoms with van der Waals surface area (Å²) >= 11 is 0. The molecular formula is C8H14F3NO3. The summed E-state index contributed by atoms with van der Waals surface area (Å²) in [5.41, 5.74) is 0. The van der Waals surface area contributed by atoms with E-state index in [1.165, 1.54) is 0 Å². The maximum Gasteiger partial charge on any atom is 0.522 e. The highest BCUT2D eigenvalue weighted by Gasteiger charge is 2.28. The van der Waals surface area contributed by atoms with Crippen LogP contribution in [-0.4, -0.2) is 52.0 Å². The third-order valence-electron chi connectivity index (χ3n) is 1.80. The quantitative estimate of drug-likeness (QED) is 0.698. The molecule has 1 fully saturated rings. The monoisotopic (exact) mass is 229 g/mol. The second-order valence-corrected chi connectivity index (χ2v) is 3.07. The second kappa shape index (κ2) is 6.26. The van der Waals surface area contributed by atoms with E-state index in [9.17, 15) is 13.2 Å². The first-order chi connectivity index (χ1) is 7.08. The molecule has 1 saturated heterocycles. The first-order valence-corrected chi connectivity index (χ1v) is 4.69. The number of hydrogen-bond donors (Lipinski definition) is 1. The molecule has 0 aromatic heterocycles. The van der Waals surface area contributed by atoms with Crippen LogP contribution in [0.25, 0.3) is 0 Å². The number of ether oxygens (including phenoxy) is 3. The molecule has 0 aliphatic carbocycles. The summed E-state index contributed by atoms with van der Waals surface area (Å²) in [4.78, 5) is 0. The van der Waals surface area contributed by atoms with Gasteiger partial charge in [-0.3, -0.25) is 4.74 Å². The van der Waals surface area contributed by atoms with E-state index in [4.69, 9.17) is 9.47 Å². The van der Waals surface area contributed by atoms with Crippen LogP contribution in [0.15, 0.2) is 0 Å². The van der Waals surface area contributed by atoms with Gasteiger partial charge in [-0.2, -0.15) is 0 Å². The summed E-state index contributed by atoms with van der Waals surface area (Å²) in [7, 11) is 0. The van der Waals surface area contributed by atoms with Gasteiger partial charge in [0, 0.05) is 13.1 Å². The lowest BCUT2D eigenvalue weighted by molar-refractivity contribution is -0.327. The molecule has 7 heteroatoms. The van der Waals surface area contributed by atoms with Crippen molar-refractivity contribution in [3.05, 3.63) is 0 Å². The van der Waals surface area contributed by atoms with Gasteiger partial charge in [0.15, 0.2) is 0 Å². The molecule has 1 aliphatic heterocycles. The van der Waals surface area contributed by atoms with Gasteiger partial charge in [-0.25, -0.2) is 0 Å². The number of rotatable bonds is 5. The zero-order valence-corrected chi connectivity index (χ0v) is 8.18. The standard InChI is InChI=1S/C8H14F3NO3/c9-8(10,11)15-4-3-13-6-7-5-12-1-2-14-7/h7,12H,1-6H2. The van der Waals surface area contributed by atoms with Crippen molar-refractivity contribution >= 4 is 0 Å². The van der Waals surface area contributed by atoms with Crippen LogP contribution in [0.4, 0.5) is 13.2 Å². The van der Waals surface area contributed by atoms with Gasteiger partial charge in [0.2, 0.25) is 0 Å². The number of nitrogens with one attached hydrogen (secondary N) is 1. The van der Waals surface area contributed by atoms with E-state index in [1.807, 2.05) is 0 Å². The average Bonchev–Trinajstić information content (AvgIpc) is 2.17. The third kappa shape index (κ3) is 6.67. The van der Waals surface area contributed by atoms with Crippen molar-refractivity contribution in [2.24, 2.45) is 0 Å². The van der Waals surface area contributed by atoms with Gasteiger partial charge in [0.25, 0.3) is 0 Å². The summed E-state index contributed by atoms with van der Waals surface area (Å²) in [6.07, 6.45) is -4.66. The first-order valence-electron chi connectivity index (χ1n) is 4.69. The minimum Gasteiger partial charge on any atom is -0.376 e. The van der Waals surface area contributed by atoms with Crippen molar-refractivity contribution in [2.45, 2.75) is 12.5 Å². The number of halogens is 3. The minimum atomic E-state index is -4.58. The highest BCUT2D eigenvalue weighted by Crippen LogP contribution is 2.15. The van der Waals surface area contributed by atoms with Crippen molar-refractivity contribution in [3.63, 3.8) is 0 Å². The molecule has 0 spiro atoms. The van der Waals surface area contributed by atoms with Crippen molar-refractivity contribution < 1.29 is 27.4 Å². The van der Waals surface area contributed by atoms with E-state index in [1.54, 1.807) is 0 Å². The van der Waals surface area contributed by atoms with E-state index < -0.39 is 13.0 Å². The van der Waals surface area contributed by atoms with Crippen LogP contribution in [0, 0.1) is 0 Å². The Balaban J connectivity index is 1.92. The highest BCUT2D eigenvalue weighted by atomic mass is 19.4. The number of morpholine rings is 1. The molecule has 1 rings (SSSR count). The predicted molar refractivity (Wildman–Crippen MR) is 45.4 cm³/mol. The van der Waals surface area contributed by atoms with E-state index in [-0.39, 0.29) is 19.3 Å². The molecule has 0 saturated carbocycles. The van der Waals surface area contributed by atoms with Gasteiger partial charge in [0.05, 0.1) is 32.5 Å². The van der Waals surface area contributed by atoms with Crippen LogP contribution in [0.1, 0.15) is 0 Å². The lowest BCUT2D eigenvalue weighted by Gasteiger charge is -2.23. The third-order valence-corrected chi connectivity index (χ3v) is 1.80. The maximum atomic E-state index is 11.5. The number of hydrogen-bond acceptors (Lipinski definition) is 4. The highest BCUT2D eigenvalue weighted by molar-refractivity contribution is 4.65. The SMILES string of the molecule is FC(F)(F)OCCOCC1CNCCO1.